The van der Waals surface area contributed by atoms with Crippen molar-refractivity contribution in [3.8, 4) is 5.75 Å². The quantitative estimate of drug-likeness (QED) is 0.320. The van der Waals surface area contributed by atoms with Crippen molar-refractivity contribution in [2.75, 3.05) is 0 Å². The largest absolute Gasteiger partial charge is 0.505 e. The van der Waals surface area contributed by atoms with Crippen LogP contribution in [-0.4, -0.2) is 69.3 Å². The first-order valence-corrected chi connectivity index (χ1v) is 13.6. The highest BCUT2D eigenvalue weighted by atomic mass is 16.6. The summed E-state index contributed by atoms with van der Waals surface area (Å²) in [5.74, 6) is -4.98. The van der Waals surface area contributed by atoms with Gasteiger partial charge in [-0.2, -0.15) is 0 Å². The van der Waals surface area contributed by atoms with Crippen molar-refractivity contribution < 1.29 is 38.9 Å². The molecule has 0 bridgehead atoms. The molecule has 1 aliphatic heterocycles. The van der Waals surface area contributed by atoms with Crippen LogP contribution in [0.1, 0.15) is 35.5 Å². The number of rotatable bonds is 6. The van der Waals surface area contributed by atoms with Crippen LogP contribution in [0.3, 0.4) is 0 Å². The average Bonchev–Trinajstić information content (AvgIpc) is 2.99. The molecule has 1 aliphatic rings. The summed E-state index contributed by atoms with van der Waals surface area (Å²) in [6, 6.07) is 18.1. The van der Waals surface area contributed by atoms with Gasteiger partial charge >= 0.3 is 11.9 Å². The number of carbonyl (C=O) groups excluding carboxylic acids is 4. The number of esters is 2. The van der Waals surface area contributed by atoms with Crippen molar-refractivity contribution in [3.05, 3.63) is 95.8 Å². The van der Waals surface area contributed by atoms with Crippen molar-refractivity contribution in [1.82, 2.24) is 15.6 Å². The number of nitrogens with zero attached hydrogens (tertiary/aromatic N) is 1. The Morgan fingerprint density at radius 1 is 0.881 bits per heavy atom. The van der Waals surface area contributed by atoms with Crippen molar-refractivity contribution in [3.63, 3.8) is 0 Å². The van der Waals surface area contributed by atoms with E-state index in [0.29, 0.717) is 5.56 Å². The van der Waals surface area contributed by atoms with Gasteiger partial charge < -0.3 is 30.3 Å². The summed E-state index contributed by atoms with van der Waals surface area (Å²) >= 11 is 0. The highest BCUT2D eigenvalue weighted by Crippen LogP contribution is 2.20. The number of amides is 2. The van der Waals surface area contributed by atoms with Crippen LogP contribution in [0.25, 0.3) is 0 Å². The normalized spacial score (nSPS) is 25.2. The average molecular weight is 576 g/mol. The Labute approximate surface area is 242 Å². The Morgan fingerprint density at radius 3 is 2.12 bits per heavy atom. The number of aromatic hydroxyl groups is 1. The number of cyclic esters (lactones) is 2. The fourth-order valence-electron chi connectivity index (χ4n) is 4.64. The maximum atomic E-state index is 13.7. The maximum Gasteiger partial charge on any atom is 0.348 e. The summed E-state index contributed by atoms with van der Waals surface area (Å²) in [5, 5.41) is 26.6. The first-order chi connectivity index (χ1) is 20.1. The summed E-state index contributed by atoms with van der Waals surface area (Å²) in [7, 11) is 0. The zero-order chi connectivity index (χ0) is 30.2. The second-order valence-corrected chi connectivity index (χ2v) is 10.2. The van der Waals surface area contributed by atoms with Gasteiger partial charge in [-0.15, -0.1) is 0 Å². The number of aliphatic hydroxyl groups excluding tert-OH is 1. The molecule has 42 heavy (non-hydrogen) atoms. The van der Waals surface area contributed by atoms with Gasteiger partial charge in [-0.1, -0.05) is 60.7 Å². The lowest BCUT2D eigenvalue weighted by molar-refractivity contribution is -0.177. The van der Waals surface area contributed by atoms with E-state index in [1.54, 1.807) is 54.6 Å². The van der Waals surface area contributed by atoms with Crippen molar-refractivity contribution in [2.45, 2.75) is 57.1 Å². The van der Waals surface area contributed by atoms with Crippen LogP contribution in [0.5, 0.6) is 5.75 Å². The topological polar surface area (TPSA) is 164 Å². The van der Waals surface area contributed by atoms with Gasteiger partial charge in [0.15, 0.2) is 5.69 Å². The standard InChI is InChI=1S/C31H33N3O8/c1-18-27(36)22(16-20-10-5-3-6-11-20)33-28(37)25(34-29(38)26-23(35)14-9-15-32-26)19(2)41-31(40)24(42-30(18)39)17-21-12-7-4-8-13-21/h3-15,18-19,22,24-25,27,35-36H,16-17H2,1-2H3,(H,33,37)(H,34,38)/t18-,19-,22+,24?,25+,27+/m1/s1. The Kier molecular flexibility index (Phi) is 9.87. The summed E-state index contributed by atoms with van der Waals surface area (Å²) in [4.78, 5) is 57.0. The van der Waals surface area contributed by atoms with E-state index in [9.17, 15) is 29.4 Å². The number of hydrogen-bond donors (Lipinski definition) is 4. The first kappa shape index (κ1) is 30.2. The molecular weight excluding hydrogens is 542 g/mol. The molecule has 1 saturated heterocycles. The number of nitrogens with one attached hydrogen (secondary N) is 2. The third-order valence-electron chi connectivity index (χ3n) is 7.05. The number of ether oxygens (including phenoxy) is 2. The molecule has 4 N–H and O–H groups in total. The van der Waals surface area contributed by atoms with E-state index in [1.807, 2.05) is 6.07 Å². The van der Waals surface area contributed by atoms with Gasteiger partial charge in [-0.05, 0) is 43.5 Å². The molecule has 4 rings (SSSR count). The summed E-state index contributed by atoms with van der Waals surface area (Å²) in [5.41, 5.74) is 1.13. The number of benzene rings is 2. The Bertz CT molecular complexity index is 1400. The molecule has 2 heterocycles. The third-order valence-corrected chi connectivity index (χ3v) is 7.05. The minimum Gasteiger partial charge on any atom is -0.505 e. The second kappa shape index (κ2) is 13.7. The van der Waals surface area contributed by atoms with Gasteiger partial charge in [0.2, 0.25) is 12.0 Å². The van der Waals surface area contributed by atoms with Crippen molar-refractivity contribution in [2.24, 2.45) is 5.92 Å². The van der Waals surface area contributed by atoms with E-state index < -0.39 is 65.8 Å². The van der Waals surface area contributed by atoms with E-state index in [4.69, 9.17) is 9.47 Å². The molecule has 0 aliphatic carbocycles. The fraction of sp³-hybridized carbons (Fsp3) is 0.323. The Hall–Kier alpha value is -4.77. The summed E-state index contributed by atoms with van der Waals surface area (Å²) in [6.07, 6.45) is -2.62. The van der Waals surface area contributed by atoms with Crippen LogP contribution in [-0.2, 0) is 36.7 Å². The molecule has 0 spiro atoms. The molecule has 0 radical (unpaired) electrons. The van der Waals surface area contributed by atoms with Gasteiger partial charge in [0, 0.05) is 12.6 Å². The lowest BCUT2D eigenvalue weighted by Crippen LogP contribution is -2.59. The minimum atomic E-state index is -1.46. The zero-order valence-electron chi connectivity index (χ0n) is 23.2. The van der Waals surface area contributed by atoms with Crippen LogP contribution in [0.4, 0.5) is 0 Å². The number of carbonyl (C=O) groups is 4. The maximum absolute atomic E-state index is 13.7. The third kappa shape index (κ3) is 7.49. The highest BCUT2D eigenvalue weighted by molar-refractivity contribution is 5.98. The van der Waals surface area contributed by atoms with E-state index in [0.717, 1.165) is 5.56 Å². The van der Waals surface area contributed by atoms with Crippen LogP contribution in [0, 0.1) is 5.92 Å². The summed E-state index contributed by atoms with van der Waals surface area (Å²) < 4.78 is 11.2. The first-order valence-electron chi connectivity index (χ1n) is 13.6. The number of hydrogen-bond acceptors (Lipinski definition) is 9. The van der Waals surface area contributed by atoms with E-state index in [1.165, 1.54) is 32.2 Å². The Balaban J connectivity index is 1.69. The summed E-state index contributed by atoms with van der Waals surface area (Å²) in [6.45, 7) is 2.85. The van der Waals surface area contributed by atoms with Gasteiger partial charge in [-0.3, -0.25) is 14.4 Å². The van der Waals surface area contributed by atoms with Gasteiger partial charge in [0.05, 0.1) is 18.1 Å². The van der Waals surface area contributed by atoms with E-state index in [2.05, 4.69) is 15.6 Å². The monoisotopic (exact) mass is 575 g/mol. The van der Waals surface area contributed by atoms with Gasteiger partial charge in [-0.25, -0.2) is 9.78 Å². The molecule has 2 aromatic carbocycles. The molecule has 6 atom stereocenters. The number of aromatic nitrogens is 1. The molecule has 1 fully saturated rings. The number of pyridine rings is 1. The lowest BCUT2D eigenvalue weighted by Gasteiger charge is -2.33. The molecule has 2 amide bonds. The predicted molar refractivity (Wildman–Crippen MR) is 150 cm³/mol. The fourth-order valence-corrected chi connectivity index (χ4v) is 4.64. The SMILES string of the molecule is C[C@H]1OC(=O)C(Cc2ccccc2)OC(=O)[C@H](C)[C@H](O)[C@H](Cc2ccccc2)NC(=O)[C@H]1NC(=O)c1ncccc1O. The lowest BCUT2D eigenvalue weighted by atomic mass is 9.92. The van der Waals surface area contributed by atoms with Crippen LogP contribution in [0.2, 0.25) is 0 Å². The van der Waals surface area contributed by atoms with Crippen LogP contribution < -0.4 is 10.6 Å². The number of aliphatic hydroxyl groups is 1. The molecule has 11 heteroatoms. The smallest absolute Gasteiger partial charge is 0.348 e. The van der Waals surface area contributed by atoms with Gasteiger partial charge in [0.25, 0.3) is 5.91 Å². The molecule has 220 valence electrons. The molecule has 1 unspecified atom stereocenters. The molecule has 3 aromatic rings. The second-order valence-electron chi connectivity index (χ2n) is 10.2. The van der Waals surface area contributed by atoms with Crippen LogP contribution in [0.15, 0.2) is 79.0 Å². The van der Waals surface area contributed by atoms with Crippen LogP contribution >= 0.6 is 0 Å². The van der Waals surface area contributed by atoms with Crippen molar-refractivity contribution >= 4 is 23.8 Å². The molecule has 0 saturated carbocycles. The minimum absolute atomic E-state index is 0.0145. The zero-order valence-corrected chi connectivity index (χ0v) is 23.2. The Morgan fingerprint density at radius 2 is 1.50 bits per heavy atom. The highest BCUT2D eigenvalue weighted by Gasteiger charge is 2.40. The molecule has 11 nitrogen and oxygen atoms in total. The van der Waals surface area contributed by atoms with E-state index >= 15 is 0 Å². The van der Waals surface area contributed by atoms with E-state index in [-0.39, 0.29) is 18.5 Å². The predicted octanol–water partition coefficient (Wildman–Crippen LogP) is 1.71. The molecule has 1 aromatic heterocycles. The van der Waals surface area contributed by atoms with Gasteiger partial charge in [0.1, 0.15) is 17.9 Å². The van der Waals surface area contributed by atoms with Crippen molar-refractivity contribution in [1.29, 1.82) is 0 Å². The molecular formula is C31H33N3O8.